The Balaban J connectivity index is 0.000000181. The summed E-state index contributed by atoms with van der Waals surface area (Å²) in [6, 6.07) is 71.2. The van der Waals surface area contributed by atoms with Crippen molar-refractivity contribution in [1.82, 2.24) is 0 Å². The number of benzene rings is 8. The Morgan fingerprint density at radius 3 is 1.34 bits per heavy atom. The maximum atomic E-state index is 11.8. The molecule has 10 heteroatoms. The Kier molecular flexibility index (Phi) is 17.7. The van der Waals surface area contributed by atoms with Crippen molar-refractivity contribution in [2.45, 2.75) is 6.92 Å². The summed E-state index contributed by atoms with van der Waals surface area (Å²) in [5, 5.41) is 17.5. The molecule has 0 atom stereocenters. The number of terminal acetylenes is 1. The first kappa shape index (κ1) is 48.9. The summed E-state index contributed by atoms with van der Waals surface area (Å²) in [5.74, 6) is 2.68. The summed E-state index contributed by atoms with van der Waals surface area (Å²) in [5.41, 5.74) is 9.90. The fourth-order valence-corrected chi connectivity index (χ4v) is 7.20. The third-order valence-corrected chi connectivity index (χ3v) is 11.0. The molecule has 68 heavy (non-hydrogen) atoms. The lowest BCUT2D eigenvalue weighted by molar-refractivity contribution is 0.0591. The van der Waals surface area contributed by atoms with Gasteiger partial charge in [-0.15, -0.1) is 6.42 Å². The predicted octanol–water partition coefficient (Wildman–Crippen LogP) is 14.8. The van der Waals surface area contributed by atoms with E-state index >= 15 is 0 Å². The molecule has 9 aromatic rings. The van der Waals surface area contributed by atoms with Crippen molar-refractivity contribution in [3.8, 4) is 35.5 Å². The largest absolute Gasteiger partial charge is 0.507 e. The SMILES string of the molecule is C#Cc1ccc(N(c2ccccc2)c2ccccc2)cc1.CC#N.COC(=O)c1ccc(I)c(O)c1.COC(=O)c1ccc2cc(-c3ccc(N(c4ccccc4)c4ccccc4)cc3)oc2c1. The molecule has 1 heterocycles. The number of ether oxygens (including phenoxy) is 2. The van der Waals surface area contributed by atoms with Crippen LogP contribution in [0.5, 0.6) is 5.75 Å². The summed E-state index contributed by atoms with van der Waals surface area (Å²) >= 11 is 1.97. The van der Waals surface area contributed by atoms with Gasteiger partial charge in [0.1, 0.15) is 17.1 Å². The molecular formula is C58H46IN3O6. The molecule has 336 valence electrons. The molecule has 0 saturated heterocycles. The molecule has 0 aliphatic carbocycles. The number of halogens is 1. The molecule has 1 N–H and O–H groups in total. The van der Waals surface area contributed by atoms with Crippen LogP contribution >= 0.6 is 22.6 Å². The van der Waals surface area contributed by atoms with Crippen LogP contribution in [0.1, 0.15) is 33.2 Å². The van der Waals surface area contributed by atoms with Gasteiger partial charge in [0.15, 0.2) is 0 Å². The van der Waals surface area contributed by atoms with Gasteiger partial charge in [-0.1, -0.05) is 84.8 Å². The topological polar surface area (TPSA) is 116 Å². The van der Waals surface area contributed by atoms with Gasteiger partial charge in [-0.05, 0) is 156 Å². The van der Waals surface area contributed by atoms with Gasteiger partial charge < -0.3 is 28.8 Å². The predicted molar refractivity (Wildman–Crippen MR) is 280 cm³/mol. The second-order valence-electron chi connectivity index (χ2n) is 14.5. The molecule has 0 spiro atoms. The zero-order chi connectivity index (χ0) is 48.3. The van der Waals surface area contributed by atoms with Crippen LogP contribution in [0.25, 0.3) is 22.3 Å². The molecule has 0 amide bonds. The number of carbonyl (C=O) groups excluding carboxylic acids is 2. The highest BCUT2D eigenvalue weighted by Gasteiger charge is 2.15. The van der Waals surface area contributed by atoms with Gasteiger partial charge in [0, 0.05) is 57.6 Å². The fourth-order valence-electron chi connectivity index (χ4n) is 6.86. The molecule has 0 aliphatic rings. The van der Waals surface area contributed by atoms with Crippen molar-refractivity contribution < 1.29 is 28.6 Å². The first-order valence-electron chi connectivity index (χ1n) is 21.1. The highest BCUT2D eigenvalue weighted by atomic mass is 127. The second kappa shape index (κ2) is 24.6. The van der Waals surface area contributed by atoms with E-state index in [9.17, 15) is 14.7 Å². The van der Waals surface area contributed by atoms with Crippen LogP contribution in [0, 0.1) is 27.2 Å². The summed E-state index contributed by atoms with van der Waals surface area (Å²) in [4.78, 5) is 27.2. The summed E-state index contributed by atoms with van der Waals surface area (Å²) in [6.45, 7) is 1.43. The van der Waals surface area contributed by atoms with Crippen molar-refractivity contribution >= 4 is 79.6 Å². The van der Waals surface area contributed by atoms with E-state index in [1.165, 1.54) is 27.2 Å². The Morgan fingerprint density at radius 1 is 0.559 bits per heavy atom. The third kappa shape index (κ3) is 12.8. The molecule has 0 saturated carbocycles. The van der Waals surface area contributed by atoms with Crippen LogP contribution < -0.4 is 9.80 Å². The molecule has 0 fully saturated rings. The molecule has 1 aromatic heterocycles. The number of anilines is 6. The zero-order valence-corrected chi connectivity index (χ0v) is 39.7. The number of aromatic hydroxyl groups is 1. The van der Waals surface area contributed by atoms with E-state index in [2.05, 4.69) is 93.3 Å². The van der Waals surface area contributed by atoms with E-state index in [4.69, 9.17) is 20.8 Å². The molecular weight excluding hydrogens is 962 g/mol. The van der Waals surface area contributed by atoms with Gasteiger partial charge in [0.25, 0.3) is 0 Å². The standard InChI is InChI=1S/C28H21NO3.C20H15N.C8H7IO3.C2H3N/c1-31-28(30)22-13-12-21-18-26(32-27(21)19-22)20-14-16-25(17-15-20)29(23-8-4-2-5-9-23)24-10-6-3-7-11-24;1-2-17-13-15-20(16-14-17)21(18-9-5-3-6-10-18)19-11-7-4-8-12-19;1-12-8(11)5-2-3-6(9)7(10)4-5;1-2-3/h2-19H,1H3;1,3-16H;2-4,10H,1H3;1H3. The molecule has 8 aromatic carbocycles. The van der Waals surface area contributed by atoms with E-state index in [0.29, 0.717) is 20.3 Å². The van der Waals surface area contributed by atoms with E-state index in [0.717, 1.165) is 56.4 Å². The number of hydrogen-bond donors (Lipinski definition) is 1. The van der Waals surface area contributed by atoms with Crippen LogP contribution in [0.4, 0.5) is 34.1 Å². The van der Waals surface area contributed by atoms with Crippen molar-refractivity contribution in [3.63, 3.8) is 0 Å². The number of para-hydroxylation sites is 4. The quantitative estimate of drug-likeness (QED) is 0.0857. The first-order chi connectivity index (χ1) is 33.2. The number of methoxy groups -OCH3 is 2. The number of nitriles is 1. The van der Waals surface area contributed by atoms with Crippen LogP contribution in [-0.2, 0) is 9.47 Å². The van der Waals surface area contributed by atoms with Crippen LogP contribution in [0.2, 0.25) is 0 Å². The second-order valence-corrected chi connectivity index (χ2v) is 15.6. The van der Waals surface area contributed by atoms with Crippen molar-refractivity contribution in [2.75, 3.05) is 24.0 Å². The highest BCUT2D eigenvalue weighted by molar-refractivity contribution is 14.1. The average molecular weight is 1010 g/mol. The Morgan fingerprint density at radius 2 is 0.941 bits per heavy atom. The number of phenols is 1. The van der Waals surface area contributed by atoms with Gasteiger partial charge in [-0.25, -0.2) is 9.59 Å². The summed E-state index contributed by atoms with van der Waals surface area (Å²) in [6.07, 6.45) is 5.43. The number of hydrogen-bond acceptors (Lipinski definition) is 9. The Hall–Kier alpha value is -8.58. The van der Waals surface area contributed by atoms with E-state index in [1.54, 1.807) is 30.3 Å². The smallest absolute Gasteiger partial charge is 0.337 e. The summed E-state index contributed by atoms with van der Waals surface area (Å²) < 4.78 is 16.0. The lowest BCUT2D eigenvalue weighted by Gasteiger charge is -2.25. The maximum absolute atomic E-state index is 11.8. The lowest BCUT2D eigenvalue weighted by atomic mass is 10.1. The number of furan rings is 1. The third-order valence-electron chi connectivity index (χ3n) is 10.1. The van der Waals surface area contributed by atoms with Crippen LogP contribution in [0.3, 0.4) is 0 Å². The van der Waals surface area contributed by atoms with Crippen molar-refractivity contribution in [3.05, 3.63) is 233 Å². The Labute approximate surface area is 410 Å². The number of carbonyl (C=O) groups is 2. The van der Waals surface area contributed by atoms with E-state index in [1.807, 2.05) is 132 Å². The minimum absolute atomic E-state index is 0.0958. The van der Waals surface area contributed by atoms with Crippen molar-refractivity contribution in [2.24, 2.45) is 0 Å². The van der Waals surface area contributed by atoms with Gasteiger partial charge in [-0.2, -0.15) is 5.26 Å². The van der Waals surface area contributed by atoms with E-state index < -0.39 is 5.97 Å². The fraction of sp³-hybridized carbons (Fsp3) is 0.0517. The Bertz CT molecular complexity index is 3030. The van der Waals surface area contributed by atoms with E-state index in [-0.39, 0.29) is 11.7 Å². The molecule has 0 bridgehead atoms. The number of phenolic OH excluding ortho intramolecular Hbond substituents is 1. The average Bonchev–Trinajstić information content (AvgIpc) is 3.83. The number of fused-ring (bicyclic) bond motifs is 1. The minimum atomic E-state index is -0.443. The maximum Gasteiger partial charge on any atom is 0.337 e. The normalized spacial score (nSPS) is 9.91. The first-order valence-corrected chi connectivity index (χ1v) is 22.2. The number of nitrogens with zero attached hydrogens (tertiary/aromatic N) is 3. The zero-order valence-electron chi connectivity index (χ0n) is 37.5. The molecule has 9 rings (SSSR count). The number of esters is 2. The van der Waals surface area contributed by atoms with Gasteiger partial charge in [0.2, 0.25) is 0 Å². The molecule has 0 radical (unpaired) electrons. The molecule has 9 nitrogen and oxygen atoms in total. The van der Waals surface area contributed by atoms with Gasteiger partial charge >= 0.3 is 11.9 Å². The number of rotatable bonds is 9. The van der Waals surface area contributed by atoms with Crippen molar-refractivity contribution in [1.29, 1.82) is 5.26 Å². The van der Waals surface area contributed by atoms with Crippen LogP contribution in [-0.4, -0.2) is 31.3 Å². The highest BCUT2D eigenvalue weighted by Crippen LogP contribution is 2.37. The lowest BCUT2D eigenvalue weighted by Crippen LogP contribution is -2.09. The monoisotopic (exact) mass is 1010 g/mol. The van der Waals surface area contributed by atoms with Gasteiger partial charge in [-0.3, -0.25) is 0 Å². The minimum Gasteiger partial charge on any atom is -0.507 e. The van der Waals surface area contributed by atoms with Gasteiger partial charge in [0.05, 0.1) is 35.0 Å². The molecule has 0 aliphatic heterocycles. The van der Waals surface area contributed by atoms with Crippen LogP contribution in [0.15, 0.2) is 217 Å². The summed E-state index contributed by atoms with van der Waals surface area (Å²) in [7, 11) is 2.67. The molecule has 0 unspecified atom stereocenters.